The first-order valence-corrected chi connectivity index (χ1v) is 5.11. The van der Waals surface area contributed by atoms with E-state index >= 15 is 0 Å². The number of hydrogen-bond donors (Lipinski definition) is 1. The quantitative estimate of drug-likeness (QED) is 0.506. The van der Waals surface area contributed by atoms with Gasteiger partial charge in [0.2, 0.25) is 0 Å². The lowest BCUT2D eigenvalue weighted by molar-refractivity contribution is 0.315. The molecule has 5 heteroatoms. The molecule has 0 radical (unpaired) electrons. The van der Waals surface area contributed by atoms with Crippen molar-refractivity contribution >= 4 is 28.9 Å². The van der Waals surface area contributed by atoms with E-state index in [9.17, 15) is 0 Å². The molecule has 0 spiro atoms. The van der Waals surface area contributed by atoms with Gasteiger partial charge in [-0.15, -0.1) is 0 Å². The van der Waals surface area contributed by atoms with E-state index in [0.29, 0.717) is 22.3 Å². The molecule has 0 bridgehead atoms. The topological polar surface area (TPSA) is 35.8 Å². The highest BCUT2D eigenvalue weighted by Gasteiger charge is 2.07. The Balaban J connectivity index is 2.98. The van der Waals surface area contributed by atoms with Crippen LogP contribution in [-0.2, 0) is 0 Å². The van der Waals surface area contributed by atoms with Crippen LogP contribution in [-0.4, -0.2) is 36.5 Å². The van der Waals surface area contributed by atoms with Gasteiger partial charge in [-0.2, -0.15) is 0 Å². The molecule has 1 aromatic rings. The van der Waals surface area contributed by atoms with Gasteiger partial charge in [0.1, 0.15) is 5.71 Å². The minimum absolute atomic E-state index is 0.453. The Labute approximate surface area is 98.9 Å². The van der Waals surface area contributed by atoms with E-state index in [1.54, 1.807) is 18.2 Å². The predicted octanol–water partition coefficient (Wildman–Crippen LogP) is 2.73. The number of hydrogen-bond acceptors (Lipinski definition) is 3. The van der Waals surface area contributed by atoms with Gasteiger partial charge < -0.3 is 10.1 Å². The van der Waals surface area contributed by atoms with Gasteiger partial charge in [-0.3, -0.25) is 0 Å². The fraction of sp³-hybridized carbons (Fsp3) is 0.300. The Morgan fingerprint density at radius 1 is 1.33 bits per heavy atom. The van der Waals surface area contributed by atoms with Gasteiger partial charge in [0.05, 0.1) is 10.0 Å². The molecule has 1 aromatic carbocycles. The molecule has 0 atom stereocenters. The lowest BCUT2D eigenvalue weighted by Gasteiger charge is -2.11. The lowest BCUT2D eigenvalue weighted by Crippen LogP contribution is -2.22. The molecule has 82 valence electrons. The Morgan fingerprint density at radius 3 is 2.47 bits per heavy atom. The van der Waals surface area contributed by atoms with Crippen molar-refractivity contribution in [1.29, 1.82) is 0 Å². The van der Waals surface area contributed by atoms with Crippen molar-refractivity contribution < 1.29 is 5.21 Å². The second-order valence-corrected chi connectivity index (χ2v) is 4.23. The highest BCUT2D eigenvalue weighted by Crippen LogP contribution is 2.22. The van der Waals surface area contributed by atoms with E-state index < -0.39 is 0 Å². The smallest absolute Gasteiger partial charge is 0.101 e. The molecular formula is C10H12Cl2N2O. The second kappa shape index (κ2) is 5.35. The van der Waals surface area contributed by atoms with Crippen LogP contribution in [0.3, 0.4) is 0 Å². The zero-order valence-electron chi connectivity index (χ0n) is 8.54. The number of oxime groups is 1. The zero-order chi connectivity index (χ0) is 11.4. The van der Waals surface area contributed by atoms with Gasteiger partial charge in [-0.25, -0.2) is 0 Å². The van der Waals surface area contributed by atoms with Crippen LogP contribution in [0.1, 0.15) is 5.56 Å². The van der Waals surface area contributed by atoms with Gasteiger partial charge >= 0.3 is 0 Å². The molecule has 15 heavy (non-hydrogen) atoms. The highest BCUT2D eigenvalue weighted by molar-refractivity contribution is 6.42. The predicted molar refractivity (Wildman–Crippen MR) is 63.3 cm³/mol. The van der Waals surface area contributed by atoms with Crippen molar-refractivity contribution in [2.45, 2.75) is 0 Å². The summed E-state index contributed by atoms with van der Waals surface area (Å²) in [7, 11) is 3.78. The average Bonchev–Trinajstić information content (AvgIpc) is 2.18. The molecule has 1 N–H and O–H groups in total. The van der Waals surface area contributed by atoms with Gasteiger partial charge in [-0.1, -0.05) is 34.4 Å². The number of benzene rings is 1. The Kier molecular flexibility index (Phi) is 4.39. The molecule has 0 saturated heterocycles. The summed E-state index contributed by atoms with van der Waals surface area (Å²) in [6, 6.07) is 5.13. The Hall–Kier alpha value is -0.770. The van der Waals surface area contributed by atoms with Crippen molar-refractivity contribution in [2.24, 2.45) is 5.16 Å². The molecule has 0 unspecified atom stereocenters. The van der Waals surface area contributed by atoms with Crippen molar-refractivity contribution in [2.75, 3.05) is 20.6 Å². The number of likely N-dealkylation sites (N-methyl/N-ethyl adjacent to an activating group) is 1. The third kappa shape index (κ3) is 3.38. The standard InChI is InChI=1S/C10H12Cl2N2O/c1-14(2)6-10(13-15)7-3-4-8(11)9(12)5-7/h3-5,15H,6H2,1-2H3. The van der Waals surface area contributed by atoms with Crippen LogP contribution in [0, 0.1) is 0 Å². The van der Waals surface area contributed by atoms with E-state index in [-0.39, 0.29) is 0 Å². The summed E-state index contributed by atoms with van der Waals surface area (Å²) in [4.78, 5) is 1.90. The monoisotopic (exact) mass is 246 g/mol. The molecule has 1 rings (SSSR count). The van der Waals surface area contributed by atoms with E-state index in [4.69, 9.17) is 28.4 Å². The molecule has 0 aliphatic rings. The zero-order valence-corrected chi connectivity index (χ0v) is 10.0. The largest absolute Gasteiger partial charge is 0.411 e. The molecule has 0 aliphatic carbocycles. The van der Waals surface area contributed by atoms with Crippen LogP contribution in [0.2, 0.25) is 10.0 Å². The van der Waals surface area contributed by atoms with E-state index in [1.165, 1.54) is 0 Å². The summed E-state index contributed by atoms with van der Waals surface area (Å²) in [6.07, 6.45) is 0. The van der Waals surface area contributed by atoms with Gasteiger partial charge in [-0.05, 0) is 26.2 Å². The van der Waals surface area contributed by atoms with Crippen molar-refractivity contribution in [1.82, 2.24) is 4.90 Å². The molecule has 0 saturated carbocycles. The van der Waals surface area contributed by atoms with Crippen molar-refractivity contribution in [3.8, 4) is 0 Å². The van der Waals surface area contributed by atoms with Gasteiger partial charge in [0.15, 0.2) is 0 Å². The second-order valence-electron chi connectivity index (χ2n) is 3.41. The number of nitrogens with zero attached hydrogens (tertiary/aromatic N) is 2. The van der Waals surface area contributed by atoms with Crippen LogP contribution >= 0.6 is 23.2 Å². The Bertz CT molecular complexity index is 378. The third-order valence-electron chi connectivity index (χ3n) is 1.84. The summed E-state index contributed by atoms with van der Waals surface area (Å²) in [5.41, 5.74) is 1.32. The fourth-order valence-corrected chi connectivity index (χ4v) is 1.45. The average molecular weight is 247 g/mol. The molecule has 0 amide bonds. The van der Waals surface area contributed by atoms with Crippen molar-refractivity contribution in [3.05, 3.63) is 33.8 Å². The minimum Gasteiger partial charge on any atom is -0.411 e. The maximum atomic E-state index is 8.87. The third-order valence-corrected chi connectivity index (χ3v) is 2.58. The molecule has 0 fully saturated rings. The van der Waals surface area contributed by atoms with Crippen LogP contribution < -0.4 is 0 Å². The van der Waals surface area contributed by atoms with Gasteiger partial charge in [0, 0.05) is 12.1 Å². The first kappa shape index (κ1) is 12.3. The highest BCUT2D eigenvalue weighted by atomic mass is 35.5. The van der Waals surface area contributed by atoms with Crippen LogP contribution in [0.15, 0.2) is 23.4 Å². The first-order chi connectivity index (χ1) is 7.04. The maximum absolute atomic E-state index is 8.87. The molecule has 0 aliphatic heterocycles. The molecule has 3 nitrogen and oxygen atoms in total. The molecular weight excluding hydrogens is 235 g/mol. The summed E-state index contributed by atoms with van der Waals surface area (Å²) in [6.45, 7) is 0.536. The fourth-order valence-electron chi connectivity index (χ4n) is 1.16. The molecule has 0 aromatic heterocycles. The number of halogens is 2. The van der Waals surface area contributed by atoms with E-state index in [0.717, 1.165) is 5.56 Å². The van der Waals surface area contributed by atoms with Crippen LogP contribution in [0.5, 0.6) is 0 Å². The van der Waals surface area contributed by atoms with E-state index in [1.807, 2.05) is 19.0 Å². The normalized spacial score (nSPS) is 12.2. The number of rotatable bonds is 3. The minimum atomic E-state index is 0.453. The summed E-state index contributed by atoms with van der Waals surface area (Å²) in [5, 5.41) is 13.1. The summed E-state index contributed by atoms with van der Waals surface area (Å²) >= 11 is 11.7. The van der Waals surface area contributed by atoms with Crippen LogP contribution in [0.25, 0.3) is 0 Å². The molecule has 0 heterocycles. The van der Waals surface area contributed by atoms with Crippen LogP contribution in [0.4, 0.5) is 0 Å². The maximum Gasteiger partial charge on any atom is 0.101 e. The SMILES string of the molecule is CN(C)CC(=NO)c1ccc(Cl)c(Cl)c1. The van der Waals surface area contributed by atoms with E-state index in [2.05, 4.69) is 5.16 Å². The lowest BCUT2D eigenvalue weighted by atomic mass is 10.1. The summed E-state index contributed by atoms with van der Waals surface area (Å²) in [5.74, 6) is 0. The Morgan fingerprint density at radius 2 is 2.00 bits per heavy atom. The first-order valence-electron chi connectivity index (χ1n) is 4.35. The van der Waals surface area contributed by atoms with Gasteiger partial charge in [0.25, 0.3) is 0 Å². The van der Waals surface area contributed by atoms with Crippen molar-refractivity contribution in [3.63, 3.8) is 0 Å². The summed E-state index contributed by atoms with van der Waals surface area (Å²) < 4.78 is 0.